The number of phenols is 1. The maximum atomic E-state index is 12.4. The average Bonchev–Trinajstić information content (AvgIpc) is 2.69. The van der Waals surface area contributed by atoms with E-state index in [9.17, 15) is 9.90 Å². The second kappa shape index (κ2) is 6.81. The van der Waals surface area contributed by atoms with Crippen LogP contribution in [0.25, 0.3) is 10.8 Å². The second-order valence-corrected chi connectivity index (χ2v) is 6.70. The highest BCUT2D eigenvalue weighted by molar-refractivity contribution is 5.87. The first-order chi connectivity index (χ1) is 12.7. The molecule has 1 aliphatic heterocycles. The van der Waals surface area contributed by atoms with Crippen molar-refractivity contribution in [2.75, 3.05) is 7.11 Å². The number of rotatable bonds is 3. The number of hydrogen-bond acceptors (Lipinski definition) is 4. The molecular weight excluding hydrogens is 326 g/mol. The van der Waals surface area contributed by atoms with Crippen molar-refractivity contribution >= 4 is 16.7 Å². The van der Waals surface area contributed by atoms with Crippen LogP contribution in [0.1, 0.15) is 16.7 Å². The Bertz CT molecular complexity index is 967. The lowest BCUT2D eigenvalue weighted by Gasteiger charge is -2.35. The lowest BCUT2D eigenvalue weighted by molar-refractivity contribution is -0.148. The van der Waals surface area contributed by atoms with Crippen molar-refractivity contribution in [1.29, 1.82) is 0 Å². The number of nitrogens with zero attached hydrogens (tertiary/aromatic N) is 1. The van der Waals surface area contributed by atoms with E-state index in [1.165, 1.54) is 18.2 Å². The van der Waals surface area contributed by atoms with Crippen LogP contribution in [0.4, 0.5) is 0 Å². The fourth-order valence-electron chi connectivity index (χ4n) is 3.81. The molecule has 0 saturated carbocycles. The van der Waals surface area contributed by atoms with E-state index >= 15 is 0 Å². The standard InChI is InChI=1S/C22H21NO3/c1-26-22(25)20-12-16-7-2-3-8-17(16)13-23(20)14-19-18-9-5-4-6-15(18)10-11-21(19)24/h2-11,20,24H,12-14H2,1H3/t20-/m1/s1. The van der Waals surface area contributed by atoms with Gasteiger partial charge < -0.3 is 9.84 Å². The largest absolute Gasteiger partial charge is 0.508 e. The van der Waals surface area contributed by atoms with E-state index in [1.807, 2.05) is 42.5 Å². The second-order valence-electron chi connectivity index (χ2n) is 6.70. The van der Waals surface area contributed by atoms with E-state index in [4.69, 9.17) is 4.74 Å². The number of ether oxygens (including phenoxy) is 1. The van der Waals surface area contributed by atoms with E-state index in [0.717, 1.165) is 16.3 Å². The van der Waals surface area contributed by atoms with Crippen molar-refractivity contribution in [2.45, 2.75) is 25.6 Å². The predicted molar refractivity (Wildman–Crippen MR) is 101 cm³/mol. The molecular formula is C22H21NO3. The van der Waals surface area contributed by atoms with Gasteiger partial charge in [0.1, 0.15) is 11.8 Å². The fourth-order valence-corrected chi connectivity index (χ4v) is 3.81. The summed E-state index contributed by atoms with van der Waals surface area (Å²) < 4.78 is 5.05. The Morgan fingerprint density at radius 3 is 2.62 bits per heavy atom. The summed E-state index contributed by atoms with van der Waals surface area (Å²) in [5.74, 6) is 0.0189. The highest BCUT2D eigenvalue weighted by Crippen LogP contribution is 2.32. The maximum absolute atomic E-state index is 12.4. The zero-order chi connectivity index (χ0) is 18.1. The molecule has 0 aliphatic carbocycles. The molecule has 4 rings (SSSR count). The normalized spacial score (nSPS) is 17.0. The minimum Gasteiger partial charge on any atom is -0.508 e. The van der Waals surface area contributed by atoms with Gasteiger partial charge in [0, 0.05) is 18.7 Å². The van der Waals surface area contributed by atoms with Crippen LogP contribution in [-0.4, -0.2) is 29.1 Å². The molecule has 132 valence electrons. The predicted octanol–water partition coefficient (Wildman–Crippen LogP) is 3.65. The molecule has 3 aromatic rings. The summed E-state index contributed by atoms with van der Waals surface area (Å²) in [6.07, 6.45) is 0.619. The van der Waals surface area contributed by atoms with Crippen molar-refractivity contribution in [2.24, 2.45) is 0 Å². The Morgan fingerprint density at radius 2 is 1.81 bits per heavy atom. The quantitative estimate of drug-likeness (QED) is 0.735. The molecule has 1 atom stereocenters. The van der Waals surface area contributed by atoms with Crippen molar-refractivity contribution in [3.8, 4) is 5.75 Å². The van der Waals surface area contributed by atoms with Gasteiger partial charge in [0.25, 0.3) is 0 Å². The third-order valence-corrected chi connectivity index (χ3v) is 5.20. The van der Waals surface area contributed by atoms with Gasteiger partial charge in [-0.25, -0.2) is 0 Å². The number of methoxy groups -OCH3 is 1. The van der Waals surface area contributed by atoms with Crippen LogP contribution in [0.3, 0.4) is 0 Å². The average molecular weight is 347 g/mol. The van der Waals surface area contributed by atoms with Crippen LogP contribution in [0.2, 0.25) is 0 Å². The highest BCUT2D eigenvalue weighted by atomic mass is 16.5. The maximum Gasteiger partial charge on any atom is 0.323 e. The van der Waals surface area contributed by atoms with Gasteiger partial charge in [0.05, 0.1) is 7.11 Å². The van der Waals surface area contributed by atoms with Gasteiger partial charge in [-0.05, 0) is 34.4 Å². The molecule has 0 bridgehead atoms. The monoisotopic (exact) mass is 347 g/mol. The molecule has 0 radical (unpaired) electrons. The number of hydrogen-bond donors (Lipinski definition) is 1. The van der Waals surface area contributed by atoms with Crippen LogP contribution >= 0.6 is 0 Å². The fraction of sp³-hybridized carbons (Fsp3) is 0.227. The van der Waals surface area contributed by atoms with Gasteiger partial charge in [-0.15, -0.1) is 0 Å². The molecule has 1 aliphatic rings. The van der Waals surface area contributed by atoms with Crippen molar-refractivity contribution in [3.05, 3.63) is 77.4 Å². The summed E-state index contributed by atoms with van der Waals surface area (Å²) in [6, 6.07) is 19.5. The first-order valence-corrected chi connectivity index (χ1v) is 8.75. The first-order valence-electron chi connectivity index (χ1n) is 8.75. The van der Waals surface area contributed by atoms with E-state index in [0.29, 0.717) is 19.5 Å². The first kappa shape index (κ1) is 16.6. The molecule has 0 unspecified atom stereocenters. The highest BCUT2D eigenvalue weighted by Gasteiger charge is 2.32. The van der Waals surface area contributed by atoms with Crippen molar-refractivity contribution < 1.29 is 14.6 Å². The van der Waals surface area contributed by atoms with Crippen LogP contribution in [0, 0.1) is 0 Å². The van der Waals surface area contributed by atoms with Crippen molar-refractivity contribution in [3.63, 3.8) is 0 Å². The SMILES string of the molecule is COC(=O)[C@H]1Cc2ccccc2CN1Cc1c(O)ccc2ccccc12. The van der Waals surface area contributed by atoms with Gasteiger partial charge in [-0.3, -0.25) is 9.69 Å². The third-order valence-electron chi connectivity index (χ3n) is 5.20. The van der Waals surface area contributed by atoms with Crippen LogP contribution < -0.4 is 0 Å². The number of carbonyl (C=O) groups excluding carboxylic acids is 1. The molecule has 4 heteroatoms. The summed E-state index contributed by atoms with van der Waals surface area (Å²) in [5.41, 5.74) is 3.24. The molecule has 1 heterocycles. The zero-order valence-electron chi connectivity index (χ0n) is 14.7. The summed E-state index contributed by atoms with van der Waals surface area (Å²) in [5, 5.41) is 12.6. The summed E-state index contributed by atoms with van der Waals surface area (Å²) in [7, 11) is 1.43. The van der Waals surface area contributed by atoms with E-state index in [2.05, 4.69) is 17.0 Å². The Labute approximate surface area is 152 Å². The molecule has 0 fully saturated rings. The van der Waals surface area contributed by atoms with Crippen LogP contribution in [0.5, 0.6) is 5.75 Å². The molecule has 1 N–H and O–H groups in total. The Balaban J connectivity index is 1.74. The molecule has 3 aromatic carbocycles. The smallest absolute Gasteiger partial charge is 0.323 e. The Kier molecular flexibility index (Phi) is 4.35. The molecule has 4 nitrogen and oxygen atoms in total. The molecule has 0 amide bonds. The van der Waals surface area contributed by atoms with Gasteiger partial charge in [-0.1, -0.05) is 54.6 Å². The molecule has 26 heavy (non-hydrogen) atoms. The van der Waals surface area contributed by atoms with Gasteiger partial charge in [0.15, 0.2) is 0 Å². The van der Waals surface area contributed by atoms with E-state index in [1.54, 1.807) is 6.07 Å². The van der Waals surface area contributed by atoms with Crippen LogP contribution in [0.15, 0.2) is 60.7 Å². The number of fused-ring (bicyclic) bond motifs is 2. The minimum atomic E-state index is -0.353. The number of carbonyl (C=O) groups is 1. The summed E-state index contributed by atoms with van der Waals surface area (Å²) in [6.45, 7) is 1.14. The Morgan fingerprint density at radius 1 is 1.08 bits per heavy atom. The van der Waals surface area contributed by atoms with E-state index < -0.39 is 0 Å². The van der Waals surface area contributed by atoms with Crippen LogP contribution in [-0.2, 0) is 29.0 Å². The number of esters is 1. The van der Waals surface area contributed by atoms with Gasteiger partial charge in [-0.2, -0.15) is 0 Å². The summed E-state index contributed by atoms with van der Waals surface area (Å²) >= 11 is 0. The van der Waals surface area contributed by atoms with Gasteiger partial charge >= 0.3 is 5.97 Å². The molecule has 0 aromatic heterocycles. The lowest BCUT2D eigenvalue weighted by Crippen LogP contribution is -2.45. The number of aromatic hydroxyl groups is 1. The van der Waals surface area contributed by atoms with E-state index in [-0.39, 0.29) is 17.8 Å². The molecule has 0 saturated heterocycles. The van der Waals surface area contributed by atoms with Gasteiger partial charge in [0.2, 0.25) is 0 Å². The topological polar surface area (TPSA) is 49.8 Å². The lowest BCUT2D eigenvalue weighted by atomic mass is 9.93. The Hall–Kier alpha value is -2.85. The van der Waals surface area contributed by atoms with Crippen molar-refractivity contribution in [1.82, 2.24) is 4.90 Å². The molecule has 0 spiro atoms. The third kappa shape index (κ3) is 2.93. The number of benzene rings is 3. The minimum absolute atomic E-state index is 0.237. The summed E-state index contributed by atoms with van der Waals surface area (Å²) in [4.78, 5) is 14.5. The number of phenolic OH excluding ortho intramolecular Hbond substituents is 1. The zero-order valence-corrected chi connectivity index (χ0v) is 14.7.